The molecule has 7 nitrogen and oxygen atoms in total. The molecule has 3 rings (SSSR count). The number of nitro groups is 1. The molecular weight excluding hydrogens is 378 g/mol. The largest absolute Gasteiger partial charge is 0.390 e. The van der Waals surface area contributed by atoms with E-state index in [0.29, 0.717) is 0 Å². The van der Waals surface area contributed by atoms with Crippen LogP contribution in [0.5, 0.6) is 0 Å². The zero-order valence-electron chi connectivity index (χ0n) is 14.1. The van der Waals surface area contributed by atoms with Crippen molar-refractivity contribution < 1.29 is 25.0 Å². The fraction of sp³-hybridized carbons (Fsp3) is 0.647. The van der Waals surface area contributed by atoms with E-state index in [1.54, 1.807) is 23.5 Å². The van der Waals surface area contributed by atoms with Gasteiger partial charge in [-0.15, -0.1) is 23.5 Å². The number of nitrogens with zero attached hydrogens (tertiary/aromatic N) is 1. The van der Waals surface area contributed by atoms with Crippen molar-refractivity contribution in [2.45, 2.75) is 48.1 Å². The average Bonchev–Trinajstić information content (AvgIpc) is 2.65. The fourth-order valence-electron chi connectivity index (χ4n) is 3.53. The van der Waals surface area contributed by atoms with E-state index in [4.69, 9.17) is 4.74 Å². The average molecular weight is 402 g/mol. The molecule has 1 saturated carbocycles. The summed E-state index contributed by atoms with van der Waals surface area (Å²) >= 11 is 3.13. The number of thioether (sulfide) groups is 2. The van der Waals surface area contributed by atoms with Crippen LogP contribution < -0.4 is 0 Å². The standard InChI is InChI=1S/C17H23NO6S2/c19-13-11(17-25-7-4-8-26-17)12(18(22)23)14(20)15(21)16(13)24-9-10-5-2-1-3-6-10/h1-3,5-6,11-17,19-21H,4,7-9H2/t11-,12-,13+,14-,15-,16-/m0/s1. The van der Waals surface area contributed by atoms with Crippen LogP contribution in [0.1, 0.15) is 12.0 Å². The Bertz CT molecular complexity index is 600. The second-order valence-corrected chi connectivity index (χ2v) is 9.35. The third kappa shape index (κ3) is 4.18. The van der Waals surface area contributed by atoms with Crippen molar-refractivity contribution in [1.82, 2.24) is 0 Å². The van der Waals surface area contributed by atoms with Gasteiger partial charge in [0.1, 0.15) is 18.3 Å². The minimum absolute atomic E-state index is 0.146. The lowest BCUT2D eigenvalue weighted by atomic mass is 9.77. The molecule has 1 saturated heterocycles. The van der Waals surface area contributed by atoms with Gasteiger partial charge in [-0.1, -0.05) is 30.3 Å². The van der Waals surface area contributed by atoms with Crippen LogP contribution in [-0.4, -0.2) is 66.8 Å². The third-order valence-electron chi connectivity index (χ3n) is 4.86. The van der Waals surface area contributed by atoms with Gasteiger partial charge < -0.3 is 20.1 Å². The molecule has 0 amide bonds. The maximum atomic E-state index is 11.6. The highest BCUT2D eigenvalue weighted by Crippen LogP contribution is 2.44. The predicted octanol–water partition coefficient (Wildman–Crippen LogP) is 1.13. The lowest BCUT2D eigenvalue weighted by Gasteiger charge is -2.44. The van der Waals surface area contributed by atoms with E-state index in [1.807, 2.05) is 30.3 Å². The van der Waals surface area contributed by atoms with Crippen molar-refractivity contribution in [3.8, 4) is 0 Å². The van der Waals surface area contributed by atoms with Gasteiger partial charge in [-0.25, -0.2) is 0 Å². The monoisotopic (exact) mass is 401 g/mol. The second-order valence-electron chi connectivity index (χ2n) is 6.55. The summed E-state index contributed by atoms with van der Waals surface area (Å²) in [5, 5.41) is 43.2. The summed E-state index contributed by atoms with van der Waals surface area (Å²) in [6, 6.07) is 7.85. The van der Waals surface area contributed by atoms with Crippen LogP contribution in [0.2, 0.25) is 0 Å². The van der Waals surface area contributed by atoms with E-state index < -0.39 is 41.3 Å². The van der Waals surface area contributed by atoms with Gasteiger partial charge in [-0.05, 0) is 23.5 Å². The molecule has 1 aromatic carbocycles. The third-order valence-corrected chi connectivity index (χ3v) is 8.01. The van der Waals surface area contributed by atoms with E-state index in [9.17, 15) is 25.4 Å². The molecule has 1 aliphatic carbocycles. The Morgan fingerprint density at radius 1 is 1.08 bits per heavy atom. The summed E-state index contributed by atoms with van der Waals surface area (Å²) in [5.74, 6) is 0.929. The van der Waals surface area contributed by atoms with Crippen molar-refractivity contribution in [2.75, 3.05) is 11.5 Å². The molecule has 144 valence electrons. The number of aliphatic hydroxyl groups excluding tert-OH is 3. The number of benzene rings is 1. The maximum Gasteiger partial charge on any atom is 0.248 e. The Kier molecular flexibility index (Phi) is 6.81. The Morgan fingerprint density at radius 3 is 2.35 bits per heavy atom. The molecule has 9 heteroatoms. The summed E-state index contributed by atoms with van der Waals surface area (Å²) in [4.78, 5) is 11.0. The maximum absolute atomic E-state index is 11.6. The minimum Gasteiger partial charge on any atom is -0.390 e. The van der Waals surface area contributed by atoms with E-state index in [0.717, 1.165) is 23.5 Å². The van der Waals surface area contributed by atoms with Gasteiger partial charge in [0.15, 0.2) is 0 Å². The molecule has 2 aliphatic rings. The molecule has 2 fully saturated rings. The van der Waals surface area contributed by atoms with Gasteiger partial charge in [0.2, 0.25) is 6.04 Å². The Labute approximate surface area is 160 Å². The van der Waals surface area contributed by atoms with E-state index in [1.165, 1.54) is 0 Å². The molecule has 0 aromatic heterocycles. The second kappa shape index (κ2) is 8.90. The summed E-state index contributed by atoms with van der Waals surface area (Å²) in [6.45, 7) is 0.146. The lowest BCUT2D eigenvalue weighted by Crippen LogP contribution is -2.65. The Hall–Kier alpha value is -0.840. The van der Waals surface area contributed by atoms with Gasteiger partial charge in [-0.2, -0.15) is 0 Å². The molecule has 3 N–H and O–H groups in total. The number of ether oxygens (including phenoxy) is 1. The van der Waals surface area contributed by atoms with E-state index in [-0.39, 0.29) is 11.2 Å². The Balaban J connectivity index is 1.79. The van der Waals surface area contributed by atoms with Crippen LogP contribution in [0, 0.1) is 16.0 Å². The quantitative estimate of drug-likeness (QED) is 0.497. The predicted molar refractivity (Wildman–Crippen MR) is 101 cm³/mol. The zero-order valence-corrected chi connectivity index (χ0v) is 15.7. The number of aliphatic hydroxyl groups is 3. The van der Waals surface area contributed by atoms with Gasteiger partial charge >= 0.3 is 0 Å². The van der Waals surface area contributed by atoms with Crippen LogP contribution in [0.3, 0.4) is 0 Å². The molecular formula is C17H23NO6S2. The first-order valence-corrected chi connectivity index (χ1v) is 10.7. The number of rotatable bonds is 5. The van der Waals surface area contributed by atoms with Crippen LogP contribution in [0.25, 0.3) is 0 Å². The summed E-state index contributed by atoms with van der Waals surface area (Å²) < 4.78 is 5.50. The molecule has 1 heterocycles. The Morgan fingerprint density at radius 2 is 1.73 bits per heavy atom. The first-order chi connectivity index (χ1) is 12.5. The lowest BCUT2D eigenvalue weighted by molar-refractivity contribution is -0.555. The summed E-state index contributed by atoms with van der Waals surface area (Å²) in [6.07, 6.45) is -4.39. The van der Waals surface area contributed by atoms with Gasteiger partial charge in [0, 0.05) is 4.92 Å². The van der Waals surface area contributed by atoms with E-state index >= 15 is 0 Å². The van der Waals surface area contributed by atoms with Crippen molar-refractivity contribution in [1.29, 1.82) is 0 Å². The fourth-order valence-corrected chi connectivity index (χ4v) is 6.85. The van der Waals surface area contributed by atoms with Crippen LogP contribution in [0.15, 0.2) is 30.3 Å². The molecule has 0 radical (unpaired) electrons. The van der Waals surface area contributed by atoms with Gasteiger partial charge in [-0.3, -0.25) is 10.1 Å². The number of hydrogen-bond donors (Lipinski definition) is 3. The van der Waals surface area contributed by atoms with Crippen LogP contribution in [-0.2, 0) is 11.3 Å². The van der Waals surface area contributed by atoms with Gasteiger partial charge in [0.25, 0.3) is 0 Å². The highest BCUT2D eigenvalue weighted by molar-refractivity contribution is 8.17. The molecule has 0 unspecified atom stereocenters. The van der Waals surface area contributed by atoms with Crippen molar-refractivity contribution in [2.24, 2.45) is 5.92 Å². The molecule has 0 bridgehead atoms. The summed E-state index contributed by atoms with van der Waals surface area (Å²) in [5.41, 5.74) is 0.857. The van der Waals surface area contributed by atoms with Crippen LogP contribution in [0.4, 0.5) is 0 Å². The highest BCUT2D eigenvalue weighted by Gasteiger charge is 2.58. The topological polar surface area (TPSA) is 113 Å². The van der Waals surface area contributed by atoms with Gasteiger partial charge in [0.05, 0.1) is 23.2 Å². The van der Waals surface area contributed by atoms with Crippen molar-refractivity contribution in [3.63, 3.8) is 0 Å². The number of hydrogen-bond acceptors (Lipinski definition) is 8. The first kappa shape index (κ1) is 19.9. The molecule has 0 spiro atoms. The molecule has 1 aliphatic heterocycles. The zero-order chi connectivity index (χ0) is 18.7. The summed E-state index contributed by atoms with van der Waals surface area (Å²) in [7, 11) is 0. The minimum atomic E-state index is -1.58. The van der Waals surface area contributed by atoms with E-state index in [2.05, 4.69) is 0 Å². The van der Waals surface area contributed by atoms with Crippen molar-refractivity contribution >= 4 is 23.5 Å². The molecule has 26 heavy (non-hydrogen) atoms. The smallest absolute Gasteiger partial charge is 0.248 e. The highest BCUT2D eigenvalue weighted by atomic mass is 32.2. The normalized spacial score (nSPS) is 36.0. The first-order valence-electron chi connectivity index (χ1n) is 8.57. The SMILES string of the molecule is O=[N+]([O-])[C@@H]1[C@H](O)[C@H](O)[C@@H](OCc2ccccc2)[C@H](O)[C@H]1C1SCCCS1. The van der Waals surface area contributed by atoms with Crippen molar-refractivity contribution in [3.05, 3.63) is 46.0 Å². The molecule has 6 atom stereocenters. The molecule has 1 aromatic rings. The van der Waals surface area contributed by atoms with Crippen LogP contribution >= 0.6 is 23.5 Å².